The molecule has 0 bridgehead atoms. The third-order valence-electron chi connectivity index (χ3n) is 3.63. The zero-order chi connectivity index (χ0) is 18.4. The second kappa shape index (κ2) is 8.10. The van der Waals surface area contributed by atoms with E-state index in [0.29, 0.717) is 34.1 Å². The molecule has 6 heteroatoms. The Bertz CT molecular complexity index is 794. The number of ether oxygens (including phenoxy) is 4. The van der Waals surface area contributed by atoms with E-state index < -0.39 is 5.78 Å². The number of aliphatic hydroxyl groups is 1. The standard InChI is InChI=1S/C19H20O6/c1-22-12-5-7-14(18(9-12)24-3)16(20)11-17(21)15-8-6-13(23-2)10-19(15)25-4/h5-11,20H,1-4H3. The minimum atomic E-state index is -0.408. The molecule has 0 atom stereocenters. The molecular weight excluding hydrogens is 324 g/mol. The first-order chi connectivity index (χ1) is 12.0. The summed E-state index contributed by atoms with van der Waals surface area (Å²) in [5.41, 5.74) is 0.687. The van der Waals surface area contributed by atoms with Crippen LogP contribution in [-0.4, -0.2) is 39.3 Å². The number of hydrogen-bond acceptors (Lipinski definition) is 6. The summed E-state index contributed by atoms with van der Waals surface area (Å²) in [6.07, 6.45) is 1.12. The van der Waals surface area contributed by atoms with E-state index >= 15 is 0 Å². The van der Waals surface area contributed by atoms with Crippen molar-refractivity contribution in [2.75, 3.05) is 28.4 Å². The molecule has 0 heterocycles. The van der Waals surface area contributed by atoms with Gasteiger partial charge in [0.05, 0.1) is 39.6 Å². The van der Waals surface area contributed by atoms with Crippen molar-refractivity contribution in [1.29, 1.82) is 0 Å². The van der Waals surface area contributed by atoms with Gasteiger partial charge in [-0.25, -0.2) is 0 Å². The molecule has 0 aliphatic carbocycles. The minimum Gasteiger partial charge on any atom is -0.507 e. The molecule has 0 aromatic heterocycles. The maximum atomic E-state index is 12.5. The Morgan fingerprint density at radius 1 is 0.800 bits per heavy atom. The number of carbonyl (C=O) groups excluding carboxylic acids is 1. The smallest absolute Gasteiger partial charge is 0.193 e. The highest BCUT2D eigenvalue weighted by molar-refractivity contribution is 6.09. The number of carbonyl (C=O) groups is 1. The van der Waals surface area contributed by atoms with Crippen molar-refractivity contribution in [1.82, 2.24) is 0 Å². The van der Waals surface area contributed by atoms with Crippen LogP contribution in [0.5, 0.6) is 23.0 Å². The van der Waals surface area contributed by atoms with E-state index in [2.05, 4.69) is 0 Å². The lowest BCUT2D eigenvalue weighted by atomic mass is 10.1. The predicted molar refractivity (Wildman–Crippen MR) is 94.0 cm³/mol. The van der Waals surface area contributed by atoms with Gasteiger partial charge in [0, 0.05) is 18.2 Å². The Hall–Kier alpha value is -3.15. The van der Waals surface area contributed by atoms with Crippen molar-refractivity contribution in [3.8, 4) is 23.0 Å². The molecule has 0 unspecified atom stereocenters. The summed E-state index contributed by atoms with van der Waals surface area (Å²) in [4.78, 5) is 12.5. The normalized spacial score (nSPS) is 11.0. The topological polar surface area (TPSA) is 74.2 Å². The summed E-state index contributed by atoms with van der Waals surface area (Å²) in [5.74, 6) is 1.27. The molecule has 0 radical (unpaired) electrons. The minimum absolute atomic E-state index is 0.220. The summed E-state index contributed by atoms with van der Waals surface area (Å²) < 4.78 is 20.7. The fourth-order valence-electron chi connectivity index (χ4n) is 2.29. The van der Waals surface area contributed by atoms with Gasteiger partial charge >= 0.3 is 0 Å². The predicted octanol–water partition coefficient (Wildman–Crippen LogP) is 3.50. The molecule has 0 amide bonds. The Kier molecular flexibility index (Phi) is 5.89. The molecule has 0 fully saturated rings. The summed E-state index contributed by atoms with van der Waals surface area (Å²) >= 11 is 0. The summed E-state index contributed by atoms with van der Waals surface area (Å²) in [6, 6.07) is 9.73. The fourth-order valence-corrected chi connectivity index (χ4v) is 2.29. The Balaban J connectivity index is 2.38. The lowest BCUT2D eigenvalue weighted by Crippen LogP contribution is -2.01. The van der Waals surface area contributed by atoms with Crippen LogP contribution < -0.4 is 18.9 Å². The molecule has 1 N–H and O–H groups in total. The lowest BCUT2D eigenvalue weighted by molar-refractivity contribution is 0.104. The molecular formula is C19H20O6. The van der Waals surface area contributed by atoms with Crippen LogP contribution >= 0.6 is 0 Å². The number of methoxy groups -OCH3 is 4. The first kappa shape index (κ1) is 18.2. The van der Waals surface area contributed by atoms with Gasteiger partial charge in [0.1, 0.15) is 28.8 Å². The highest BCUT2D eigenvalue weighted by Crippen LogP contribution is 2.30. The Morgan fingerprint density at radius 3 is 1.76 bits per heavy atom. The maximum absolute atomic E-state index is 12.5. The summed E-state index contributed by atoms with van der Waals surface area (Å²) in [7, 11) is 5.99. The second-order valence-electron chi connectivity index (χ2n) is 5.03. The van der Waals surface area contributed by atoms with Crippen molar-refractivity contribution < 1.29 is 28.8 Å². The molecule has 0 spiro atoms. The van der Waals surface area contributed by atoms with Crippen LogP contribution in [0.25, 0.3) is 5.76 Å². The first-order valence-electron chi connectivity index (χ1n) is 7.43. The van der Waals surface area contributed by atoms with Gasteiger partial charge in [0.25, 0.3) is 0 Å². The van der Waals surface area contributed by atoms with Crippen molar-refractivity contribution in [2.45, 2.75) is 0 Å². The van der Waals surface area contributed by atoms with Gasteiger partial charge in [-0.2, -0.15) is 0 Å². The van der Waals surface area contributed by atoms with Crippen LogP contribution in [0.3, 0.4) is 0 Å². The van der Waals surface area contributed by atoms with Crippen molar-refractivity contribution in [2.24, 2.45) is 0 Å². The fraction of sp³-hybridized carbons (Fsp3) is 0.211. The SMILES string of the molecule is COc1ccc(C(=O)C=C(O)c2ccc(OC)cc2OC)c(OC)c1. The van der Waals surface area contributed by atoms with E-state index in [4.69, 9.17) is 18.9 Å². The van der Waals surface area contributed by atoms with Crippen LogP contribution in [0.1, 0.15) is 15.9 Å². The van der Waals surface area contributed by atoms with Crippen molar-refractivity contribution >= 4 is 11.5 Å². The third kappa shape index (κ3) is 4.03. The zero-order valence-electron chi connectivity index (χ0n) is 14.5. The summed E-state index contributed by atoms with van der Waals surface area (Å²) in [5, 5.41) is 10.3. The molecule has 0 aliphatic heterocycles. The molecule has 2 rings (SSSR count). The average molecular weight is 344 g/mol. The van der Waals surface area contributed by atoms with E-state index in [1.54, 1.807) is 36.4 Å². The highest BCUT2D eigenvalue weighted by atomic mass is 16.5. The van der Waals surface area contributed by atoms with E-state index in [9.17, 15) is 9.90 Å². The van der Waals surface area contributed by atoms with Gasteiger partial charge in [-0.05, 0) is 24.3 Å². The zero-order valence-corrected chi connectivity index (χ0v) is 14.5. The number of aliphatic hydroxyl groups excluding tert-OH is 1. The molecule has 25 heavy (non-hydrogen) atoms. The first-order valence-corrected chi connectivity index (χ1v) is 7.43. The second-order valence-corrected chi connectivity index (χ2v) is 5.03. The maximum Gasteiger partial charge on any atom is 0.193 e. The molecule has 0 saturated carbocycles. The van der Waals surface area contributed by atoms with Crippen LogP contribution in [0.4, 0.5) is 0 Å². The largest absolute Gasteiger partial charge is 0.507 e. The highest BCUT2D eigenvalue weighted by Gasteiger charge is 2.15. The molecule has 6 nitrogen and oxygen atoms in total. The average Bonchev–Trinajstić information content (AvgIpc) is 2.66. The Labute approximate surface area is 146 Å². The molecule has 0 saturated heterocycles. The van der Waals surface area contributed by atoms with E-state index in [-0.39, 0.29) is 5.76 Å². The van der Waals surface area contributed by atoms with Gasteiger partial charge < -0.3 is 24.1 Å². The van der Waals surface area contributed by atoms with E-state index in [1.165, 1.54) is 28.4 Å². The molecule has 2 aromatic carbocycles. The van der Waals surface area contributed by atoms with Gasteiger partial charge in [0.15, 0.2) is 5.78 Å². The van der Waals surface area contributed by atoms with Gasteiger partial charge in [-0.3, -0.25) is 4.79 Å². The monoisotopic (exact) mass is 344 g/mol. The molecule has 0 aliphatic rings. The van der Waals surface area contributed by atoms with Crippen LogP contribution in [-0.2, 0) is 0 Å². The van der Waals surface area contributed by atoms with Crippen LogP contribution in [0.15, 0.2) is 42.5 Å². The van der Waals surface area contributed by atoms with E-state index in [1.807, 2.05) is 0 Å². The van der Waals surface area contributed by atoms with Gasteiger partial charge in [-0.1, -0.05) is 0 Å². The number of benzene rings is 2. The van der Waals surface area contributed by atoms with Gasteiger partial charge in [-0.15, -0.1) is 0 Å². The Morgan fingerprint density at radius 2 is 1.28 bits per heavy atom. The molecule has 2 aromatic rings. The number of ketones is 1. The lowest BCUT2D eigenvalue weighted by Gasteiger charge is -2.11. The van der Waals surface area contributed by atoms with Gasteiger partial charge in [0.2, 0.25) is 0 Å². The third-order valence-corrected chi connectivity index (χ3v) is 3.63. The number of allylic oxidation sites excluding steroid dienone is 1. The number of rotatable bonds is 7. The number of hydrogen-bond donors (Lipinski definition) is 1. The van der Waals surface area contributed by atoms with Crippen molar-refractivity contribution in [3.63, 3.8) is 0 Å². The van der Waals surface area contributed by atoms with Crippen LogP contribution in [0, 0.1) is 0 Å². The molecule has 132 valence electrons. The van der Waals surface area contributed by atoms with Crippen molar-refractivity contribution in [3.05, 3.63) is 53.6 Å². The van der Waals surface area contributed by atoms with E-state index in [0.717, 1.165) is 6.08 Å². The quantitative estimate of drug-likeness (QED) is 0.471. The summed E-state index contributed by atoms with van der Waals surface area (Å²) in [6.45, 7) is 0. The van der Waals surface area contributed by atoms with Crippen LogP contribution in [0.2, 0.25) is 0 Å².